The predicted molar refractivity (Wildman–Crippen MR) is 88.4 cm³/mol. The molecule has 24 heavy (non-hydrogen) atoms. The zero-order valence-corrected chi connectivity index (χ0v) is 13.8. The van der Waals surface area contributed by atoms with Crippen molar-refractivity contribution >= 4 is 28.9 Å². The van der Waals surface area contributed by atoms with Gasteiger partial charge in [-0.25, -0.2) is 4.98 Å². The fourth-order valence-electron chi connectivity index (χ4n) is 2.96. The number of carbonyl (C=O) groups excluding carboxylic acids is 1. The van der Waals surface area contributed by atoms with E-state index in [2.05, 4.69) is 10.1 Å². The highest BCUT2D eigenvalue weighted by atomic mass is 35.5. The molecule has 126 valence electrons. The van der Waals surface area contributed by atoms with Crippen molar-refractivity contribution < 1.29 is 9.72 Å². The minimum absolute atomic E-state index is 0.0121. The van der Waals surface area contributed by atoms with Gasteiger partial charge in [0.2, 0.25) is 0 Å². The van der Waals surface area contributed by atoms with Crippen molar-refractivity contribution in [3.8, 4) is 0 Å². The summed E-state index contributed by atoms with van der Waals surface area (Å²) in [5.74, 6) is 0.502. The molecule has 8 nitrogen and oxygen atoms in total. The van der Waals surface area contributed by atoms with Crippen LogP contribution in [0.1, 0.15) is 29.6 Å². The Bertz CT molecular complexity index is 791. The summed E-state index contributed by atoms with van der Waals surface area (Å²) < 4.78 is 1.59. The average Bonchev–Trinajstić information content (AvgIpc) is 3.16. The molecular formula is C15H16ClN5O3. The monoisotopic (exact) mass is 349 g/mol. The zero-order valence-electron chi connectivity index (χ0n) is 13.1. The number of rotatable bonds is 5. The van der Waals surface area contributed by atoms with Crippen molar-refractivity contribution in [2.45, 2.75) is 25.3 Å². The molecular weight excluding hydrogens is 334 g/mol. The third-order valence-corrected chi connectivity index (χ3v) is 4.39. The van der Waals surface area contributed by atoms with E-state index >= 15 is 0 Å². The van der Waals surface area contributed by atoms with E-state index in [0.29, 0.717) is 17.8 Å². The molecule has 0 radical (unpaired) electrons. The highest BCUT2D eigenvalue weighted by Crippen LogP contribution is 2.33. The summed E-state index contributed by atoms with van der Waals surface area (Å²) in [6.07, 6.45) is 6.54. The molecule has 2 aromatic rings. The largest absolute Gasteiger partial charge is 0.352 e. The SMILES string of the molecule is Cn1cc(C(=O)CC2CCCN2c2ncc([N+](=O)[O-])cc2Cl)cn1. The number of nitro groups is 1. The van der Waals surface area contributed by atoms with Crippen LogP contribution in [0.4, 0.5) is 11.5 Å². The smallest absolute Gasteiger partial charge is 0.289 e. The van der Waals surface area contributed by atoms with Crippen molar-refractivity contribution in [3.05, 3.63) is 45.4 Å². The van der Waals surface area contributed by atoms with Gasteiger partial charge in [-0.2, -0.15) is 5.10 Å². The van der Waals surface area contributed by atoms with Gasteiger partial charge < -0.3 is 4.90 Å². The van der Waals surface area contributed by atoms with Gasteiger partial charge >= 0.3 is 0 Å². The Kier molecular flexibility index (Phi) is 4.48. The number of pyridine rings is 1. The Hall–Kier alpha value is -2.48. The molecule has 0 aromatic carbocycles. The van der Waals surface area contributed by atoms with Gasteiger partial charge in [-0.15, -0.1) is 0 Å². The quantitative estimate of drug-likeness (QED) is 0.468. The molecule has 1 atom stereocenters. The molecule has 1 aliphatic rings. The molecule has 0 N–H and O–H groups in total. The van der Waals surface area contributed by atoms with E-state index in [-0.39, 0.29) is 22.5 Å². The van der Waals surface area contributed by atoms with Crippen LogP contribution < -0.4 is 4.90 Å². The minimum Gasteiger partial charge on any atom is -0.352 e. The molecule has 1 fully saturated rings. The fourth-order valence-corrected chi connectivity index (χ4v) is 3.22. The van der Waals surface area contributed by atoms with Crippen LogP contribution in [0.3, 0.4) is 0 Å². The number of Topliss-reactive ketones (excluding diaryl/α,β-unsaturated/α-hetero) is 1. The van der Waals surface area contributed by atoms with Crippen LogP contribution in [-0.2, 0) is 7.05 Å². The second-order valence-corrected chi connectivity index (χ2v) is 6.18. The van der Waals surface area contributed by atoms with Gasteiger partial charge in [0.1, 0.15) is 12.0 Å². The number of ketones is 1. The highest BCUT2D eigenvalue weighted by Gasteiger charge is 2.30. The van der Waals surface area contributed by atoms with Crippen molar-refractivity contribution in [2.75, 3.05) is 11.4 Å². The van der Waals surface area contributed by atoms with Crippen LogP contribution in [0, 0.1) is 10.1 Å². The predicted octanol–water partition coefficient (Wildman–Crippen LogP) is 2.62. The molecule has 0 saturated carbocycles. The number of aromatic nitrogens is 3. The molecule has 3 rings (SSSR count). The molecule has 9 heteroatoms. The molecule has 0 spiro atoms. The lowest BCUT2D eigenvalue weighted by molar-refractivity contribution is -0.385. The standard InChI is InChI=1S/C15H16ClN5O3/c1-19-9-10(7-18-19)14(22)6-11-3-2-4-20(11)15-13(16)5-12(8-17-15)21(23)24/h5,7-9,11H,2-4,6H2,1H3. The van der Waals surface area contributed by atoms with Crippen molar-refractivity contribution in [3.63, 3.8) is 0 Å². The number of carbonyl (C=O) groups is 1. The van der Waals surface area contributed by atoms with Gasteiger partial charge in [-0.1, -0.05) is 11.6 Å². The Morgan fingerprint density at radius 2 is 2.29 bits per heavy atom. The van der Waals surface area contributed by atoms with Crippen molar-refractivity contribution in [1.82, 2.24) is 14.8 Å². The molecule has 3 heterocycles. The third-order valence-electron chi connectivity index (χ3n) is 4.12. The van der Waals surface area contributed by atoms with Gasteiger partial charge in [0.05, 0.1) is 21.7 Å². The maximum Gasteiger partial charge on any atom is 0.289 e. The van der Waals surface area contributed by atoms with Crippen molar-refractivity contribution in [2.24, 2.45) is 7.05 Å². The minimum atomic E-state index is -0.532. The summed E-state index contributed by atoms with van der Waals surface area (Å²) in [4.78, 5) is 28.8. The first kappa shape index (κ1) is 16.4. The van der Waals surface area contributed by atoms with Gasteiger partial charge in [0.15, 0.2) is 5.78 Å². The maximum absolute atomic E-state index is 12.4. The zero-order chi connectivity index (χ0) is 17.3. The van der Waals surface area contributed by atoms with Crippen LogP contribution in [0.25, 0.3) is 0 Å². The second kappa shape index (κ2) is 6.56. The molecule has 0 bridgehead atoms. The number of anilines is 1. The summed E-state index contributed by atoms with van der Waals surface area (Å²) in [7, 11) is 1.76. The van der Waals surface area contributed by atoms with Gasteiger partial charge in [-0.3, -0.25) is 19.6 Å². The Labute approximate surface area is 143 Å². The Morgan fingerprint density at radius 1 is 1.50 bits per heavy atom. The topological polar surface area (TPSA) is 94.2 Å². The van der Waals surface area contributed by atoms with Crippen LogP contribution in [0.5, 0.6) is 0 Å². The summed E-state index contributed by atoms with van der Waals surface area (Å²) in [6, 6.07) is 1.27. The van der Waals surface area contributed by atoms with Crippen LogP contribution >= 0.6 is 11.6 Å². The maximum atomic E-state index is 12.4. The number of hydrogen-bond acceptors (Lipinski definition) is 6. The Morgan fingerprint density at radius 3 is 2.92 bits per heavy atom. The van der Waals surface area contributed by atoms with E-state index in [9.17, 15) is 14.9 Å². The van der Waals surface area contributed by atoms with Gasteiger partial charge in [0, 0.05) is 38.3 Å². The molecule has 1 saturated heterocycles. The van der Waals surface area contributed by atoms with Crippen molar-refractivity contribution in [1.29, 1.82) is 0 Å². The van der Waals surface area contributed by atoms with E-state index < -0.39 is 4.92 Å². The number of aryl methyl sites for hydroxylation is 1. The summed E-state index contributed by atoms with van der Waals surface area (Å²) >= 11 is 6.17. The first-order valence-electron chi connectivity index (χ1n) is 7.54. The average molecular weight is 350 g/mol. The van der Waals surface area contributed by atoms with Gasteiger partial charge in [0.25, 0.3) is 5.69 Å². The van der Waals surface area contributed by atoms with E-state index in [1.54, 1.807) is 24.1 Å². The van der Waals surface area contributed by atoms with E-state index in [1.807, 2.05) is 4.90 Å². The van der Waals surface area contributed by atoms with E-state index in [4.69, 9.17) is 11.6 Å². The molecule has 1 unspecified atom stereocenters. The highest BCUT2D eigenvalue weighted by molar-refractivity contribution is 6.33. The summed E-state index contributed by atoms with van der Waals surface area (Å²) in [5.41, 5.74) is 0.429. The number of hydrogen-bond donors (Lipinski definition) is 0. The lowest BCUT2D eigenvalue weighted by Crippen LogP contribution is -2.32. The van der Waals surface area contributed by atoms with Crippen LogP contribution in [-0.4, -0.2) is 38.1 Å². The van der Waals surface area contributed by atoms with Crippen LogP contribution in [0.2, 0.25) is 5.02 Å². The molecule has 0 amide bonds. The number of nitrogens with zero attached hydrogens (tertiary/aromatic N) is 5. The van der Waals surface area contributed by atoms with Gasteiger partial charge in [-0.05, 0) is 12.8 Å². The second-order valence-electron chi connectivity index (χ2n) is 5.78. The normalized spacial score (nSPS) is 17.2. The number of halogens is 1. The third kappa shape index (κ3) is 3.23. The molecule has 0 aliphatic carbocycles. The molecule has 1 aliphatic heterocycles. The van der Waals surface area contributed by atoms with E-state index in [1.165, 1.54) is 12.3 Å². The summed E-state index contributed by atoms with van der Waals surface area (Å²) in [6.45, 7) is 0.718. The lowest BCUT2D eigenvalue weighted by Gasteiger charge is -2.25. The summed E-state index contributed by atoms with van der Waals surface area (Å²) in [5, 5.41) is 15.0. The fraction of sp³-hybridized carbons (Fsp3) is 0.400. The first-order chi connectivity index (χ1) is 11.5. The van der Waals surface area contributed by atoms with E-state index in [0.717, 1.165) is 19.4 Å². The molecule has 2 aromatic heterocycles. The first-order valence-corrected chi connectivity index (χ1v) is 7.92. The Balaban J connectivity index is 1.78. The van der Waals surface area contributed by atoms with Crippen LogP contribution in [0.15, 0.2) is 24.7 Å². The lowest BCUT2D eigenvalue weighted by atomic mass is 10.0.